The lowest BCUT2D eigenvalue weighted by Crippen LogP contribution is -2.15. The summed E-state index contributed by atoms with van der Waals surface area (Å²) in [5, 5.41) is 0. The molecule has 1 N–H and O–H groups in total. The summed E-state index contributed by atoms with van der Waals surface area (Å²) in [4.78, 5) is 39.0. The monoisotopic (exact) mass is 326 g/mol. The van der Waals surface area contributed by atoms with E-state index in [1.54, 1.807) is 6.92 Å². The van der Waals surface area contributed by atoms with Crippen molar-refractivity contribution in [2.24, 2.45) is 0 Å². The summed E-state index contributed by atoms with van der Waals surface area (Å²) >= 11 is 0. The summed E-state index contributed by atoms with van der Waals surface area (Å²) in [6.45, 7) is 7.84. The number of hydrogen-bond donors (Lipinski definition) is 1. The zero-order valence-electron chi connectivity index (χ0n) is 14.3. The second-order valence-corrected chi connectivity index (χ2v) is 4.76. The summed E-state index contributed by atoms with van der Waals surface area (Å²) in [5.41, 5.74) is -0.251. The van der Waals surface area contributed by atoms with Crippen LogP contribution in [0.15, 0.2) is 17.1 Å². The van der Waals surface area contributed by atoms with E-state index in [0.717, 1.165) is 12.8 Å². The fraction of sp³-hybridized carbons (Fsp3) is 0.625. The van der Waals surface area contributed by atoms with Crippen LogP contribution in [0.1, 0.15) is 65.3 Å². The quantitative estimate of drug-likeness (QED) is 0.773. The highest BCUT2D eigenvalue weighted by Crippen LogP contribution is 2.11. The summed E-state index contributed by atoms with van der Waals surface area (Å²) in [6, 6.07) is 1.31. The Morgan fingerprint density at radius 2 is 1.78 bits per heavy atom. The number of ether oxygens (including phenoxy) is 2. The molecule has 1 atom stereocenters. The van der Waals surface area contributed by atoms with Crippen molar-refractivity contribution in [1.82, 2.24) is 9.97 Å². The molecule has 0 spiro atoms. The summed E-state index contributed by atoms with van der Waals surface area (Å²) in [7, 11) is 0. The Morgan fingerprint density at radius 1 is 1.17 bits per heavy atom. The van der Waals surface area contributed by atoms with Gasteiger partial charge in [-0.05, 0) is 26.7 Å². The number of H-pyrrole nitrogens is 1. The van der Waals surface area contributed by atoms with Crippen molar-refractivity contribution in [1.29, 1.82) is 0 Å². The maximum absolute atomic E-state index is 11.2. The van der Waals surface area contributed by atoms with Crippen molar-refractivity contribution in [2.45, 2.75) is 59.5 Å². The van der Waals surface area contributed by atoms with Crippen LogP contribution in [0.3, 0.4) is 0 Å². The second-order valence-electron chi connectivity index (χ2n) is 4.76. The number of carbonyl (C=O) groups is 2. The Morgan fingerprint density at radius 3 is 2.30 bits per heavy atom. The molecule has 0 aliphatic rings. The zero-order chi connectivity index (χ0) is 17.7. The molecule has 0 bridgehead atoms. The van der Waals surface area contributed by atoms with E-state index < -0.39 is 6.10 Å². The number of hydrogen-bond acceptors (Lipinski definition) is 6. The van der Waals surface area contributed by atoms with Crippen molar-refractivity contribution >= 4 is 11.9 Å². The fourth-order valence-corrected chi connectivity index (χ4v) is 1.55. The lowest BCUT2D eigenvalue weighted by Gasteiger charge is -2.11. The molecule has 130 valence electrons. The van der Waals surface area contributed by atoms with Crippen molar-refractivity contribution in [3.63, 3.8) is 0 Å². The van der Waals surface area contributed by atoms with Gasteiger partial charge in [0.05, 0.1) is 6.61 Å². The lowest BCUT2D eigenvalue weighted by molar-refractivity contribution is -0.149. The minimum atomic E-state index is -0.516. The van der Waals surface area contributed by atoms with E-state index in [4.69, 9.17) is 4.74 Å². The Kier molecular flexibility index (Phi) is 11.2. The standard InChI is InChI=1S/C10H14N2O3.C6H12O2/c1-3-4-9(14)15-7(2)10-11-6-5-8(13)12-10;1-3-5-6(7)8-4-2/h5-7H,3-4H2,1-2H3,(H,11,12,13);3-5H2,1-2H3/t7-;/m1./s1. The van der Waals surface area contributed by atoms with Gasteiger partial charge in [-0.1, -0.05) is 13.8 Å². The van der Waals surface area contributed by atoms with Crippen LogP contribution in [-0.2, 0) is 19.1 Å². The van der Waals surface area contributed by atoms with Crippen molar-refractivity contribution in [3.05, 3.63) is 28.4 Å². The molecule has 1 rings (SSSR count). The number of aromatic nitrogens is 2. The molecule has 0 saturated heterocycles. The van der Waals surface area contributed by atoms with Gasteiger partial charge < -0.3 is 14.5 Å². The number of rotatable bonds is 7. The molecule has 7 nitrogen and oxygen atoms in total. The van der Waals surface area contributed by atoms with Gasteiger partial charge in [-0.2, -0.15) is 0 Å². The summed E-state index contributed by atoms with van der Waals surface area (Å²) in [5.74, 6) is -0.00143. The Hall–Kier alpha value is -2.18. The molecule has 0 aliphatic carbocycles. The molecule has 7 heteroatoms. The molecule has 0 aliphatic heterocycles. The van der Waals surface area contributed by atoms with Gasteiger partial charge in [0.25, 0.3) is 5.56 Å². The molecule has 23 heavy (non-hydrogen) atoms. The minimum Gasteiger partial charge on any atom is -0.466 e. The normalized spacial score (nSPS) is 11.0. The molecular formula is C16H26N2O5. The third kappa shape index (κ3) is 10.2. The van der Waals surface area contributed by atoms with E-state index in [1.165, 1.54) is 12.3 Å². The van der Waals surface area contributed by atoms with E-state index in [1.807, 2.05) is 20.8 Å². The molecule has 0 unspecified atom stereocenters. The van der Waals surface area contributed by atoms with Gasteiger partial charge in [-0.25, -0.2) is 4.98 Å². The van der Waals surface area contributed by atoms with Crippen LogP contribution in [0.2, 0.25) is 0 Å². The highest BCUT2D eigenvalue weighted by Gasteiger charge is 2.12. The van der Waals surface area contributed by atoms with E-state index in [2.05, 4.69) is 14.7 Å². The van der Waals surface area contributed by atoms with Crippen LogP contribution in [-0.4, -0.2) is 28.5 Å². The molecule has 0 fully saturated rings. The predicted octanol–water partition coefficient (Wildman–Crippen LogP) is 2.52. The van der Waals surface area contributed by atoms with Gasteiger partial charge in [0.2, 0.25) is 0 Å². The molecular weight excluding hydrogens is 300 g/mol. The van der Waals surface area contributed by atoms with E-state index >= 15 is 0 Å². The molecule has 0 saturated carbocycles. The first-order valence-corrected chi connectivity index (χ1v) is 7.84. The van der Waals surface area contributed by atoms with Crippen molar-refractivity contribution < 1.29 is 19.1 Å². The molecule has 1 aromatic rings. The zero-order valence-corrected chi connectivity index (χ0v) is 14.3. The molecule has 1 aromatic heterocycles. The van der Waals surface area contributed by atoms with Crippen LogP contribution >= 0.6 is 0 Å². The van der Waals surface area contributed by atoms with E-state index in [-0.39, 0.29) is 17.5 Å². The Labute approximate surface area is 136 Å². The van der Waals surface area contributed by atoms with Crippen LogP contribution in [0.4, 0.5) is 0 Å². The smallest absolute Gasteiger partial charge is 0.306 e. The largest absolute Gasteiger partial charge is 0.466 e. The minimum absolute atomic E-state index is 0.0880. The average molecular weight is 326 g/mol. The molecule has 0 aromatic carbocycles. The highest BCUT2D eigenvalue weighted by molar-refractivity contribution is 5.69. The van der Waals surface area contributed by atoms with Gasteiger partial charge in [0, 0.05) is 25.1 Å². The number of esters is 2. The lowest BCUT2D eigenvalue weighted by atomic mass is 10.3. The average Bonchev–Trinajstić information content (AvgIpc) is 2.48. The second kappa shape index (κ2) is 12.4. The number of nitrogens with one attached hydrogen (secondary N) is 1. The van der Waals surface area contributed by atoms with Crippen LogP contribution in [0, 0.1) is 0 Å². The molecule has 0 radical (unpaired) electrons. The maximum atomic E-state index is 11.2. The summed E-state index contributed by atoms with van der Waals surface area (Å²) < 4.78 is 9.70. The summed E-state index contributed by atoms with van der Waals surface area (Å²) in [6.07, 6.45) is 3.41. The van der Waals surface area contributed by atoms with Crippen LogP contribution in [0.5, 0.6) is 0 Å². The first-order chi connectivity index (χ1) is 10.9. The number of aromatic amines is 1. The van der Waals surface area contributed by atoms with E-state index in [9.17, 15) is 14.4 Å². The first-order valence-electron chi connectivity index (χ1n) is 7.84. The molecule has 1 heterocycles. The fourth-order valence-electron chi connectivity index (χ4n) is 1.55. The maximum Gasteiger partial charge on any atom is 0.306 e. The number of nitrogens with zero attached hydrogens (tertiary/aromatic N) is 1. The van der Waals surface area contributed by atoms with Gasteiger partial charge in [-0.3, -0.25) is 14.4 Å². The van der Waals surface area contributed by atoms with E-state index in [0.29, 0.717) is 25.3 Å². The van der Waals surface area contributed by atoms with Gasteiger partial charge in [0.1, 0.15) is 5.82 Å². The van der Waals surface area contributed by atoms with Gasteiger partial charge in [-0.15, -0.1) is 0 Å². The Bertz CT molecular complexity index is 519. The first kappa shape index (κ1) is 20.8. The Balaban J connectivity index is 0.000000515. The SMILES string of the molecule is CCCC(=O)OCC.CCCC(=O)O[C@H](C)c1nccc(=O)[nH]1. The number of carbonyl (C=O) groups excluding carboxylic acids is 2. The van der Waals surface area contributed by atoms with Crippen LogP contribution in [0.25, 0.3) is 0 Å². The van der Waals surface area contributed by atoms with Gasteiger partial charge >= 0.3 is 11.9 Å². The van der Waals surface area contributed by atoms with Crippen LogP contribution < -0.4 is 5.56 Å². The van der Waals surface area contributed by atoms with Crippen molar-refractivity contribution in [2.75, 3.05) is 6.61 Å². The third-order valence-electron chi connectivity index (χ3n) is 2.60. The topological polar surface area (TPSA) is 98.3 Å². The van der Waals surface area contributed by atoms with Gasteiger partial charge in [0.15, 0.2) is 6.10 Å². The highest BCUT2D eigenvalue weighted by atomic mass is 16.5. The van der Waals surface area contributed by atoms with Crippen molar-refractivity contribution in [3.8, 4) is 0 Å². The third-order valence-corrected chi connectivity index (χ3v) is 2.60. The molecule has 0 amide bonds. The predicted molar refractivity (Wildman–Crippen MR) is 85.8 cm³/mol.